The van der Waals surface area contributed by atoms with Crippen molar-refractivity contribution in [2.75, 3.05) is 6.61 Å². The number of rotatable bonds is 10. The number of aliphatic carboxylic acids is 2. The summed E-state index contributed by atoms with van der Waals surface area (Å²) in [5, 5.41) is 17.5. The van der Waals surface area contributed by atoms with E-state index in [-0.39, 0.29) is 25.6 Å². The van der Waals surface area contributed by atoms with Crippen molar-refractivity contribution in [1.82, 2.24) is 0 Å². The fourth-order valence-corrected chi connectivity index (χ4v) is 2.55. The van der Waals surface area contributed by atoms with Gasteiger partial charge in [0.25, 0.3) is 0 Å². The smallest absolute Gasteiger partial charge is 0.307 e. The lowest BCUT2D eigenvalue weighted by Gasteiger charge is -2.17. The maximum Gasteiger partial charge on any atom is 0.307 e. The number of benzene rings is 2. The van der Waals surface area contributed by atoms with Crippen molar-refractivity contribution in [3.05, 3.63) is 72.3 Å². The highest BCUT2D eigenvalue weighted by atomic mass is 16.5. The van der Waals surface area contributed by atoms with Gasteiger partial charge < -0.3 is 14.9 Å². The third-order valence-electron chi connectivity index (χ3n) is 3.86. The van der Waals surface area contributed by atoms with Gasteiger partial charge in [-0.1, -0.05) is 66.7 Å². The van der Waals surface area contributed by atoms with Crippen molar-refractivity contribution in [2.45, 2.75) is 25.4 Å². The Morgan fingerprint density at radius 3 is 2.15 bits per heavy atom. The molecule has 0 spiro atoms. The Kier molecular flexibility index (Phi) is 7.58. The first-order valence-corrected chi connectivity index (χ1v) is 8.42. The van der Waals surface area contributed by atoms with Gasteiger partial charge in [0.05, 0.1) is 19.1 Å². The van der Waals surface area contributed by atoms with Gasteiger partial charge in [0, 0.05) is 6.42 Å². The normalized spacial score (nSPS) is 12.2. The van der Waals surface area contributed by atoms with Crippen molar-refractivity contribution in [1.29, 1.82) is 0 Å². The van der Waals surface area contributed by atoms with Gasteiger partial charge in [0.15, 0.2) is 0 Å². The Bertz CT molecular complexity index is 735. The quantitative estimate of drug-likeness (QED) is 0.621. The van der Waals surface area contributed by atoms with Crippen LogP contribution in [0, 0.1) is 0 Å². The zero-order valence-electron chi connectivity index (χ0n) is 14.4. The predicted molar refractivity (Wildman–Crippen MR) is 98.8 cm³/mol. The maximum absolute atomic E-state index is 10.9. The second-order valence-corrected chi connectivity index (χ2v) is 5.81. The predicted octanol–water partition coefficient (Wildman–Crippen LogP) is 4.31. The van der Waals surface area contributed by atoms with Crippen LogP contribution in [0.25, 0.3) is 11.1 Å². The molecule has 0 aliphatic carbocycles. The van der Waals surface area contributed by atoms with Crippen LogP contribution in [0.4, 0.5) is 0 Å². The monoisotopic (exact) mass is 354 g/mol. The number of carbonyl (C=O) groups is 2. The number of carboxylic acids is 2. The Labute approximate surface area is 152 Å². The number of hydrogen-bond donors (Lipinski definition) is 2. The molecule has 0 aliphatic rings. The fraction of sp³-hybridized carbons (Fsp3) is 0.238. The molecule has 5 heteroatoms. The SMILES string of the molecule is O=C(O)C/C=C/COC(CCC(=O)O)c1ccc(-c2ccccc2)cc1. The topological polar surface area (TPSA) is 83.8 Å². The van der Waals surface area contributed by atoms with Crippen molar-refractivity contribution >= 4 is 11.9 Å². The molecular formula is C21H22O5. The molecule has 2 N–H and O–H groups in total. The highest BCUT2D eigenvalue weighted by Crippen LogP contribution is 2.26. The summed E-state index contributed by atoms with van der Waals surface area (Å²) in [5.41, 5.74) is 3.09. The standard InChI is InChI=1S/C21H22O5/c22-20(23)8-4-5-15-26-19(13-14-21(24)25)18-11-9-17(10-12-18)16-6-2-1-3-7-16/h1-7,9-12,19H,8,13-15H2,(H,22,23)(H,24,25)/b5-4+. The van der Waals surface area contributed by atoms with Crippen LogP contribution in [0.5, 0.6) is 0 Å². The third-order valence-corrected chi connectivity index (χ3v) is 3.86. The summed E-state index contributed by atoms with van der Waals surface area (Å²) in [7, 11) is 0. The fourth-order valence-electron chi connectivity index (χ4n) is 2.55. The van der Waals surface area contributed by atoms with E-state index in [1.54, 1.807) is 6.08 Å². The molecule has 2 aromatic carbocycles. The van der Waals surface area contributed by atoms with Gasteiger partial charge in [-0.25, -0.2) is 0 Å². The average molecular weight is 354 g/mol. The molecule has 2 rings (SSSR count). The van der Waals surface area contributed by atoms with Crippen LogP contribution in [0.1, 0.15) is 30.9 Å². The van der Waals surface area contributed by atoms with E-state index in [4.69, 9.17) is 14.9 Å². The van der Waals surface area contributed by atoms with Gasteiger partial charge in [-0.05, 0) is 23.1 Å². The van der Waals surface area contributed by atoms with E-state index < -0.39 is 11.9 Å². The van der Waals surface area contributed by atoms with Crippen molar-refractivity contribution in [3.63, 3.8) is 0 Å². The molecule has 0 saturated carbocycles. The van der Waals surface area contributed by atoms with Crippen LogP contribution in [-0.4, -0.2) is 28.8 Å². The lowest BCUT2D eigenvalue weighted by molar-refractivity contribution is -0.138. The molecule has 0 heterocycles. The van der Waals surface area contributed by atoms with E-state index in [0.717, 1.165) is 16.7 Å². The molecule has 1 unspecified atom stereocenters. The summed E-state index contributed by atoms with van der Waals surface area (Å²) in [4.78, 5) is 21.4. The summed E-state index contributed by atoms with van der Waals surface area (Å²) in [6.45, 7) is 0.234. The van der Waals surface area contributed by atoms with E-state index >= 15 is 0 Å². The minimum absolute atomic E-state index is 0.00391. The van der Waals surface area contributed by atoms with E-state index in [2.05, 4.69) is 0 Å². The zero-order chi connectivity index (χ0) is 18.8. The van der Waals surface area contributed by atoms with Crippen LogP contribution in [-0.2, 0) is 14.3 Å². The number of ether oxygens (including phenoxy) is 1. The second kappa shape index (κ2) is 10.2. The molecule has 0 radical (unpaired) electrons. The molecule has 0 fully saturated rings. The molecule has 1 atom stereocenters. The third kappa shape index (κ3) is 6.53. The van der Waals surface area contributed by atoms with Gasteiger partial charge >= 0.3 is 11.9 Å². The largest absolute Gasteiger partial charge is 0.481 e. The highest BCUT2D eigenvalue weighted by Gasteiger charge is 2.14. The lowest BCUT2D eigenvalue weighted by Crippen LogP contribution is -2.08. The molecule has 0 bridgehead atoms. The Morgan fingerprint density at radius 2 is 1.54 bits per heavy atom. The van der Waals surface area contributed by atoms with Gasteiger partial charge in [0.2, 0.25) is 0 Å². The Morgan fingerprint density at radius 1 is 0.885 bits per heavy atom. The van der Waals surface area contributed by atoms with Crippen molar-refractivity contribution < 1.29 is 24.5 Å². The van der Waals surface area contributed by atoms with Gasteiger partial charge in [-0.15, -0.1) is 0 Å². The summed E-state index contributed by atoms with van der Waals surface area (Å²) < 4.78 is 5.76. The lowest BCUT2D eigenvalue weighted by atomic mass is 10.00. The van der Waals surface area contributed by atoms with E-state index in [1.165, 1.54) is 6.08 Å². The van der Waals surface area contributed by atoms with Crippen LogP contribution < -0.4 is 0 Å². The molecular weight excluding hydrogens is 332 g/mol. The van der Waals surface area contributed by atoms with Gasteiger partial charge in [-0.2, -0.15) is 0 Å². The van der Waals surface area contributed by atoms with Gasteiger partial charge in [0.1, 0.15) is 0 Å². The average Bonchev–Trinajstić information content (AvgIpc) is 2.64. The van der Waals surface area contributed by atoms with Crippen LogP contribution >= 0.6 is 0 Å². The molecule has 0 saturated heterocycles. The maximum atomic E-state index is 10.9. The van der Waals surface area contributed by atoms with E-state index in [0.29, 0.717) is 6.42 Å². The second-order valence-electron chi connectivity index (χ2n) is 5.81. The highest BCUT2D eigenvalue weighted by molar-refractivity contribution is 5.68. The summed E-state index contributed by atoms with van der Waals surface area (Å²) in [6.07, 6.45) is 3.10. The Hall–Kier alpha value is -2.92. The van der Waals surface area contributed by atoms with Crippen molar-refractivity contribution in [3.8, 4) is 11.1 Å². The Balaban J connectivity index is 2.04. The van der Waals surface area contributed by atoms with E-state index in [9.17, 15) is 9.59 Å². The summed E-state index contributed by atoms with van der Waals surface area (Å²) in [5.74, 6) is -1.78. The molecule has 2 aromatic rings. The van der Waals surface area contributed by atoms with Crippen molar-refractivity contribution in [2.24, 2.45) is 0 Å². The summed E-state index contributed by atoms with van der Waals surface area (Å²) in [6, 6.07) is 17.8. The molecule has 0 amide bonds. The van der Waals surface area contributed by atoms with Crippen LogP contribution in [0.3, 0.4) is 0 Å². The van der Waals surface area contributed by atoms with Crippen LogP contribution in [0.2, 0.25) is 0 Å². The minimum atomic E-state index is -0.903. The minimum Gasteiger partial charge on any atom is -0.481 e. The number of carboxylic acid groups (broad SMARTS) is 2. The van der Waals surface area contributed by atoms with Crippen LogP contribution in [0.15, 0.2) is 66.7 Å². The first kappa shape index (κ1) is 19.4. The molecule has 0 aliphatic heterocycles. The number of hydrogen-bond acceptors (Lipinski definition) is 3. The first-order valence-electron chi connectivity index (χ1n) is 8.42. The first-order chi connectivity index (χ1) is 12.6. The molecule has 0 aromatic heterocycles. The molecule has 26 heavy (non-hydrogen) atoms. The summed E-state index contributed by atoms with van der Waals surface area (Å²) >= 11 is 0. The molecule has 5 nitrogen and oxygen atoms in total. The van der Waals surface area contributed by atoms with E-state index in [1.807, 2.05) is 54.6 Å². The zero-order valence-corrected chi connectivity index (χ0v) is 14.4. The van der Waals surface area contributed by atoms with Gasteiger partial charge in [-0.3, -0.25) is 9.59 Å². The molecule has 136 valence electrons.